The highest BCUT2D eigenvalue weighted by Gasteiger charge is 2.18. The Morgan fingerprint density at radius 1 is 1.06 bits per heavy atom. The lowest BCUT2D eigenvalue weighted by molar-refractivity contribution is 0.0997. The highest BCUT2D eigenvalue weighted by molar-refractivity contribution is 7.89. The summed E-state index contributed by atoms with van der Waals surface area (Å²) in [5.74, 6) is -0.531. The van der Waals surface area contributed by atoms with Crippen LogP contribution in [0.3, 0.4) is 0 Å². The van der Waals surface area contributed by atoms with Crippen molar-refractivity contribution in [2.75, 3.05) is 14.1 Å². The van der Waals surface area contributed by atoms with E-state index in [0.717, 1.165) is 16.2 Å². The molecule has 0 unspecified atom stereocenters. The maximum atomic E-state index is 12.7. The van der Waals surface area contributed by atoms with Crippen LogP contribution in [0, 0.1) is 0 Å². The average molecular weight is 483 g/mol. The number of thiazole rings is 1. The van der Waals surface area contributed by atoms with Gasteiger partial charge in [0, 0.05) is 26.2 Å². The van der Waals surface area contributed by atoms with Crippen molar-refractivity contribution in [3.63, 3.8) is 0 Å². The maximum absolute atomic E-state index is 12.7. The molecule has 1 aromatic heterocycles. The van der Waals surface area contributed by atoms with Gasteiger partial charge in [-0.25, -0.2) is 26.3 Å². The molecule has 12 heteroatoms. The normalized spacial score (nSPS) is 13.3. The number of benzene rings is 2. The third-order valence-corrected chi connectivity index (χ3v) is 8.29. The van der Waals surface area contributed by atoms with Gasteiger partial charge >= 0.3 is 0 Å². The fourth-order valence-corrected chi connectivity index (χ4v) is 5.50. The Balaban J connectivity index is 2.06. The Morgan fingerprint density at radius 3 is 2.23 bits per heavy atom. The van der Waals surface area contributed by atoms with Crippen LogP contribution >= 0.6 is 11.3 Å². The topological polar surface area (TPSA) is 132 Å². The Bertz CT molecular complexity index is 1420. The second kappa shape index (κ2) is 8.63. The number of aryl methyl sites for hydroxylation is 1. The summed E-state index contributed by atoms with van der Waals surface area (Å²) in [6.45, 7) is 2.56. The summed E-state index contributed by atoms with van der Waals surface area (Å²) in [5.41, 5.74) is 0.988. The van der Waals surface area contributed by atoms with E-state index in [2.05, 4.69) is 4.99 Å². The van der Waals surface area contributed by atoms with Gasteiger partial charge in [-0.1, -0.05) is 18.3 Å². The second-order valence-electron chi connectivity index (χ2n) is 6.94. The molecule has 3 rings (SSSR count). The zero-order valence-electron chi connectivity index (χ0n) is 17.1. The van der Waals surface area contributed by atoms with Gasteiger partial charge in [0.2, 0.25) is 20.0 Å². The Kier molecular flexibility index (Phi) is 6.48. The Labute approximate surface area is 184 Å². The van der Waals surface area contributed by atoms with Crippen molar-refractivity contribution in [1.82, 2.24) is 8.87 Å². The van der Waals surface area contributed by atoms with Crippen LogP contribution in [0.5, 0.6) is 0 Å². The zero-order valence-corrected chi connectivity index (χ0v) is 19.6. The van der Waals surface area contributed by atoms with Crippen LogP contribution in [0.2, 0.25) is 0 Å². The van der Waals surface area contributed by atoms with Crippen LogP contribution < -0.4 is 9.94 Å². The van der Waals surface area contributed by atoms with E-state index in [4.69, 9.17) is 5.14 Å². The number of hydrogen-bond donors (Lipinski definition) is 1. The summed E-state index contributed by atoms with van der Waals surface area (Å²) < 4.78 is 51.2. The molecular weight excluding hydrogens is 460 g/mol. The molecule has 0 saturated carbocycles. The van der Waals surface area contributed by atoms with Crippen LogP contribution in [0.1, 0.15) is 23.7 Å². The number of hydrogen-bond acceptors (Lipinski definition) is 6. The Hall–Kier alpha value is -2.38. The molecule has 1 amide bonds. The lowest BCUT2D eigenvalue weighted by atomic mass is 10.2. The third kappa shape index (κ3) is 4.77. The predicted molar refractivity (Wildman–Crippen MR) is 119 cm³/mol. The molecule has 166 valence electrons. The highest BCUT2D eigenvalue weighted by atomic mass is 32.2. The van der Waals surface area contributed by atoms with Crippen molar-refractivity contribution >= 4 is 47.5 Å². The van der Waals surface area contributed by atoms with Crippen LogP contribution in [0.25, 0.3) is 10.2 Å². The molecule has 0 spiro atoms. The summed E-state index contributed by atoms with van der Waals surface area (Å²) in [7, 11) is -4.59. The number of primary sulfonamides is 1. The lowest BCUT2D eigenvalue weighted by Crippen LogP contribution is -2.22. The van der Waals surface area contributed by atoms with Gasteiger partial charge in [-0.05, 0) is 48.9 Å². The smallest absolute Gasteiger partial charge is 0.279 e. The van der Waals surface area contributed by atoms with Crippen molar-refractivity contribution in [3.05, 3.63) is 52.8 Å². The van der Waals surface area contributed by atoms with Crippen LogP contribution in [0.15, 0.2) is 57.2 Å². The first-order chi connectivity index (χ1) is 14.4. The van der Waals surface area contributed by atoms with E-state index in [9.17, 15) is 21.6 Å². The average Bonchev–Trinajstić information content (AvgIpc) is 3.04. The molecule has 3 aromatic rings. The first-order valence-corrected chi connectivity index (χ1v) is 13.0. The number of sulfonamides is 2. The molecule has 1 heterocycles. The minimum Gasteiger partial charge on any atom is -0.316 e. The molecule has 0 aliphatic rings. The van der Waals surface area contributed by atoms with E-state index in [1.807, 2.05) is 11.5 Å². The van der Waals surface area contributed by atoms with E-state index < -0.39 is 26.0 Å². The fourth-order valence-electron chi connectivity index (χ4n) is 2.89. The molecule has 0 bridgehead atoms. The van der Waals surface area contributed by atoms with Crippen LogP contribution in [-0.2, 0) is 26.6 Å². The molecule has 0 aliphatic heterocycles. The van der Waals surface area contributed by atoms with Gasteiger partial charge in [-0.15, -0.1) is 0 Å². The quantitative estimate of drug-likeness (QED) is 0.572. The molecule has 2 N–H and O–H groups in total. The highest BCUT2D eigenvalue weighted by Crippen LogP contribution is 2.22. The van der Waals surface area contributed by atoms with E-state index in [0.29, 0.717) is 16.0 Å². The monoisotopic (exact) mass is 482 g/mol. The van der Waals surface area contributed by atoms with Crippen molar-refractivity contribution in [1.29, 1.82) is 0 Å². The number of nitrogens with two attached hydrogens (primary N) is 1. The van der Waals surface area contributed by atoms with E-state index in [1.54, 1.807) is 6.07 Å². The first kappa shape index (κ1) is 23.3. The maximum Gasteiger partial charge on any atom is 0.279 e. The molecule has 0 aliphatic carbocycles. The third-order valence-electron chi connectivity index (χ3n) is 4.51. The predicted octanol–water partition coefficient (Wildman–Crippen LogP) is 1.75. The second-order valence-corrected chi connectivity index (χ2v) is 11.7. The van der Waals surface area contributed by atoms with Crippen molar-refractivity contribution in [2.24, 2.45) is 10.1 Å². The molecular formula is C19H22N4O5S3. The number of rotatable bonds is 6. The van der Waals surface area contributed by atoms with Gasteiger partial charge in [-0.3, -0.25) is 4.79 Å². The van der Waals surface area contributed by atoms with Gasteiger partial charge < -0.3 is 4.57 Å². The molecule has 0 fully saturated rings. The summed E-state index contributed by atoms with van der Waals surface area (Å²) >= 11 is 1.18. The van der Waals surface area contributed by atoms with Gasteiger partial charge in [-0.2, -0.15) is 4.99 Å². The van der Waals surface area contributed by atoms with E-state index in [1.165, 1.54) is 61.8 Å². The SMILES string of the molecule is CCCn1c(=NC(=O)c2ccc(S(=O)(=O)N(C)C)cc2)sc2cc(S(N)(=O)=O)ccc21. The van der Waals surface area contributed by atoms with E-state index >= 15 is 0 Å². The van der Waals surface area contributed by atoms with Crippen LogP contribution in [-0.4, -0.2) is 45.7 Å². The summed E-state index contributed by atoms with van der Waals surface area (Å²) in [4.78, 5) is 17.4. The van der Waals surface area contributed by atoms with E-state index in [-0.39, 0.29) is 15.4 Å². The molecule has 0 radical (unpaired) electrons. The van der Waals surface area contributed by atoms with Gasteiger partial charge in [0.1, 0.15) is 0 Å². The van der Waals surface area contributed by atoms with Gasteiger partial charge in [0.05, 0.1) is 20.0 Å². The van der Waals surface area contributed by atoms with Gasteiger partial charge in [0.15, 0.2) is 4.80 Å². The number of fused-ring (bicyclic) bond motifs is 1. The summed E-state index contributed by atoms with van der Waals surface area (Å²) in [6.07, 6.45) is 0.779. The number of carbonyl (C=O) groups excluding carboxylic acids is 1. The lowest BCUT2D eigenvalue weighted by Gasteiger charge is -2.11. The molecule has 31 heavy (non-hydrogen) atoms. The number of carbonyl (C=O) groups is 1. The van der Waals surface area contributed by atoms with Crippen molar-refractivity contribution < 1.29 is 21.6 Å². The minimum atomic E-state index is -3.85. The van der Waals surface area contributed by atoms with Crippen molar-refractivity contribution in [3.8, 4) is 0 Å². The molecule has 0 saturated heterocycles. The Morgan fingerprint density at radius 2 is 1.68 bits per heavy atom. The number of amides is 1. The largest absolute Gasteiger partial charge is 0.316 e. The summed E-state index contributed by atoms with van der Waals surface area (Å²) in [5, 5.41) is 5.22. The fraction of sp³-hybridized carbons (Fsp3) is 0.263. The van der Waals surface area contributed by atoms with Crippen LogP contribution in [0.4, 0.5) is 0 Å². The minimum absolute atomic E-state index is 0.0135. The van der Waals surface area contributed by atoms with Crippen molar-refractivity contribution in [2.45, 2.75) is 29.7 Å². The molecule has 0 atom stereocenters. The molecule has 2 aromatic carbocycles. The number of aromatic nitrogens is 1. The standard InChI is InChI=1S/C19H22N4O5S3/c1-4-11-23-16-10-9-15(30(20,25)26)12-17(16)29-19(23)21-18(24)13-5-7-14(8-6-13)31(27,28)22(2)3/h5-10,12H,4,11H2,1-3H3,(H2,20,25,26). The first-order valence-electron chi connectivity index (χ1n) is 9.23. The zero-order chi connectivity index (χ0) is 23.0. The summed E-state index contributed by atoms with van der Waals surface area (Å²) in [6, 6.07) is 10.1. The van der Waals surface area contributed by atoms with Gasteiger partial charge in [0.25, 0.3) is 5.91 Å². The number of nitrogens with zero attached hydrogens (tertiary/aromatic N) is 3. The molecule has 9 nitrogen and oxygen atoms in total.